The van der Waals surface area contributed by atoms with E-state index in [1.165, 1.54) is 6.08 Å². The van der Waals surface area contributed by atoms with Crippen LogP contribution in [0.2, 0.25) is 0 Å². The van der Waals surface area contributed by atoms with Crippen LogP contribution in [0.4, 0.5) is 0 Å². The highest BCUT2D eigenvalue weighted by atomic mass is 32.2. The van der Waals surface area contributed by atoms with Gasteiger partial charge in [0, 0.05) is 6.42 Å². The van der Waals surface area contributed by atoms with Crippen LogP contribution in [0.5, 0.6) is 0 Å². The molecule has 41 heavy (non-hydrogen) atoms. The molecule has 0 aromatic heterocycles. The summed E-state index contributed by atoms with van der Waals surface area (Å²) < 4.78 is 31.9. The molecule has 0 fully saturated rings. The summed E-state index contributed by atoms with van der Waals surface area (Å²) in [6.45, 7) is 4.24. The predicted octanol–water partition coefficient (Wildman–Crippen LogP) is 8.11. The zero-order valence-electron chi connectivity index (χ0n) is 25.4. The highest BCUT2D eigenvalue weighted by molar-refractivity contribution is 7.85. The summed E-state index contributed by atoms with van der Waals surface area (Å²) in [4.78, 5) is 12.3. The maximum Gasteiger partial charge on any atom is 0.267 e. The van der Waals surface area contributed by atoms with Crippen molar-refractivity contribution in [3.8, 4) is 0 Å². The number of aliphatic hydroxyl groups excluding tert-OH is 1. The summed E-state index contributed by atoms with van der Waals surface area (Å²) in [6.07, 6.45) is 40.4. The van der Waals surface area contributed by atoms with Crippen LogP contribution in [0, 0.1) is 0 Å². The van der Waals surface area contributed by atoms with Gasteiger partial charge in [-0.1, -0.05) is 112 Å². The summed E-state index contributed by atoms with van der Waals surface area (Å²) in [7, 11) is -4.34. The molecule has 0 aromatic carbocycles. The molecule has 1 amide bonds. The lowest BCUT2D eigenvalue weighted by Crippen LogP contribution is -2.46. The van der Waals surface area contributed by atoms with E-state index in [4.69, 9.17) is 0 Å². The molecular formula is C34H55NO5S. The van der Waals surface area contributed by atoms with Crippen molar-refractivity contribution in [2.24, 2.45) is 0 Å². The molecule has 3 N–H and O–H groups in total. The molecule has 0 aliphatic carbocycles. The van der Waals surface area contributed by atoms with E-state index in [9.17, 15) is 22.9 Å². The minimum atomic E-state index is -4.34. The van der Waals surface area contributed by atoms with Crippen molar-refractivity contribution in [1.29, 1.82) is 0 Å². The van der Waals surface area contributed by atoms with Gasteiger partial charge in [0.15, 0.2) is 0 Å². The van der Waals surface area contributed by atoms with Crippen LogP contribution in [-0.4, -0.2) is 41.9 Å². The molecule has 7 heteroatoms. The van der Waals surface area contributed by atoms with Gasteiger partial charge >= 0.3 is 0 Å². The lowest BCUT2D eigenvalue weighted by Gasteiger charge is -2.21. The second kappa shape index (κ2) is 27.7. The number of aliphatic hydroxyl groups is 1. The van der Waals surface area contributed by atoms with E-state index < -0.39 is 28.0 Å². The van der Waals surface area contributed by atoms with Gasteiger partial charge in [0.05, 0.1) is 17.9 Å². The lowest BCUT2D eigenvalue weighted by atomic mass is 10.1. The largest absolute Gasteiger partial charge is 0.387 e. The van der Waals surface area contributed by atoms with Crippen LogP contribution in [-0.2, 0) is 14.9 Å². The van der Waals surface area contributed by atoms with Crippen LogP contribution in [0.15, 0.2) is 85.1 Å². The number of allylic oxidation sites excluding steroid dienone is 13. The average molecular weight is 590 g/mol. The molecule has 0 spiro atoms. The van der Waals surface area contributed by atoms with Gasteiger partial charge in [-0.25, -0.2) is 0 Å². The van der Waals surface area contributed by atoms with Crippen LogP contribution < -0.4 is 5.32 Å². The SMILES string of the molecule is CC/C=C\C/C=C\C/C=C\C/C=C\C/C=C\C/C=C\CCCCC(=O)NC(CS(=O)(=O)O)C(O)/C=C/CCCCC. The van der Waals surface area contributed by atoms with Gasteiger partial charge in [0.2, 0.25) is 5.91 Å². The fourth-order valence-corrected chi connectivity index (χ4v) is 4.54. The minimum absolute atomic E-state index is 0.234. The highest BCUT2D eigenvalue weighted by Crippen LogP contribution is 2.07. The zero-order chi connectivity index (χ0) is 30.4. The first-order valence-corrected chi connectivity index (χ1v) is 16.9. The second-order valence-corrected chi connectivity index (χ2v) is 11.5. The summed E-state index contributed by atoms with van der Waals surface area (Å²) in [5, 5.41) is 12.9. The fraction of sp³-hybridized carbons (Fsp3) is 0.559. The number of hydrogen-bond donors (Lipinski definition) is 3. The topological polar surface area (TPSA) is 104 Å². The molecule has 2 unspecified atom stereocenters. The maximum absolute atomic E-state index is 12.3. The third kappa shape index (κ3) is 28.8. The van der Waals surface area contributed by atoms with Crippen LogP contribution in [0.1, 0.15) is 104 Å². The van der Waals surface area contributed by atoms with Crippen molar-refractivity contribution in [3.63, 3.8) is 0 Å². The molecule has 2 atom stereocenters. The lowest BCUT2D eigenvalue weighted by molar-refractivity contribution is -0.122. The van der Waals surface area contributed by atoms with E-state index in [2.05, 4.69) is 92.1 Å². The summed E-state index contributed by atoms with van der Waals surface area (Å²) >= 11 is 0. The van der Waals surface area contributed by atoms with Gasteiger partial charge in [-0.05, 0) is 70.6 Å². The number of rotatable bonds is 25. The number of carbonyl (C=O) groups excluding carboxylic acids is 1. The maximum atomic E-state index is 12.3. The van der Waals surface area contributed by atoms with Gasteiger partial charge in [0.25, 0.3) is 10.1 Å². The Morgan fingerprint density at radius 2 is 1.15 bits per heavy atom. The molecule has 232 valence electrons. The molecule has 0 radical (unpaired) electrons. The second-order valence-electron chi connectivity index (χ2n) is 10.00. The van der Waals surface area contributed by atoms with E-state index in [0.717, 1.165) is 77.0 Å². The molecule has 6 nitrogen and oxygen atoms in total. The highest BCUT2D eigenvalue weighted by Gasteiger charge is 2.24. The summed E-state index contributed by atoms with van der Waals surface area (Å²) in [5.41, 5.74) is 0. The van der Waals surface area contributed by atoms with Crippen LogP contribution in [0.25, 0.3) is 0 Å². The number of nitrogens with one attached hydrogen (secondary N) is 1. The van der Waals surface area contributed by atoms with Crippen molar-refractivity contribution in [3.05, 3.63) is 85.1 Å². The van der Waals surface area contributed by atoms with Crippen LogP contribution in [0.3, 0.4) is 0 Å². The van der Waals surface area contributed by atoms with E-state index in [0.29, 0.717) is 6.42 Å². The molecule has 0 bridgehead atoms. The molecule has 0 heterocycles. The Labute approximate surface area is 250 Å². The van der Waals surface area contributed by atoms with Gasteiger partial charge in [-0.2, -0.15) is 8.42 Å². The first-order chi connectivity index (χ1) is 19.8. The van der Waals surface area contributed by atoms with Crippen molar-refractivity contribution >= 4 is 16.0 Å². The van der Waals surface area contributed by atoms with E-state index in [1.54, 1.807) is 6.08 Å². The molecule has 0 saturated heterocycles. The first kappa shape index (κ1) is 38.5. The molecule has 0 aromatic rings. The molecule has 0 rings (SSSR count). The summed E-state index contributed by atoms with van der Waals surface area (Å²) in [6, 6.07) is -1.08. The monoisotopic (exact) mass is 589 g/mol. The smallest absolute Gasteiger partial charge is 0.267 e. The molecular weight excluding hydrogens is 534 g/mol. The fourth-order valence-electron chi connectivity index (χ4n) is 3.80. The molecule has 0 aliphatic rings. The Morgan fingerprint density at radius 1 is 0.683 bits per heavy atom. The Morgan fingerprint density at radius 3 is 1.63 bits per heavy atom. The average Bonchev–Trinajstić information content (AvgIpc) is 2.92. The standard InChI is InChI=1S/C34H55NO5S/c1-3-5-7-9-10-11-12-13-14-15-16-17-18-19-20-21-22-23-24-26-28-30-34(37)35-32(31-41(38,39)40)33(36)29-27-25-8-6-4-2/h5,7,10-11,13-14,16-17,19-20,22-23,27,29,32-33,36H,3-4,6,8-9,12,15,18,21,24-26,28,30-31H2,1-2H3,(H,35,37)(H,38,39,40)/b7-5-,11-10-,14-13-,17-16-,20-19-,23-22-,29-27+. The Hall–Kier alpha value is -2.48. The first-order valence-electron chi connectivity index (χ1n) is 15.3. The van der Waals surface area contributed by atoms with Gasteiger partial charge in [-0.3, -0.25) is 9.35 Å². The number of unbranched alkanes of at least 4 members (excludes halogenated alkanes) is 5. The third-order valence-corrected chi connectivity index (χ3v) is 6.86. The van der Waals surface area contributed by atoms with Gasteiger partial charge in [0.1, 0.15) is 0 Å². The van der Waals surface area contributed by atoms with Crippen LogP contribution >= 0.6 is 0 Å². The minimum Gasteiger partial charge on any atom is -0.387 e. The zero-order valence-corrected chi connectivity index (χ0v) is 26.2. The van der Waals surface area contributed by atoms with Crippen molar-refractivity contribution in [1.82, 2.24) is 5.32 Å². The van der Waals surface area contributed by atoms with Crippen molar-refractivity contribution in [2.45, 2.75) is 116 Å². The van der Waals surface area contributed by atoms with Crippen molar-refractivity contribution < 1.29 is 22.9 Å². The summed E-state index contributed by atoms with van der Waals surface area (Å²) in [5.74, 6) is -1.06. The number of amides is 1. The molecule has 0 aliphatic heterocycles. The predicted molar refractivity (Wildman–Crippen MR) is 174 cm³/mol. The quantitative estimate of drug-likeness (QED) is 0.0567. The Kier molecular flexibility index (Phi) is 26.0. The van der Waals surface area contributed by atoms with Gasteiger partial charge in [-0.15, -0.1) is 0 Å². The Bertz CT molecular complexity index is 958. The molecule has 0 saturated carbocycles. The number of hydrogen-bond acceptors (Lipinski definition) is 4. The van der Waals surface area contributed by atoms with E-state index >= 15 is 0 Å². The van der Waals surface area contributed by atoms with E-state index in [-0.39, 0.29) is 12.3 Å². The number of carbonyl (C=O) groups is 1. The third-order valence-electron chi connectivity index (χ3n) is 6.08. The van der Waals surface area contributed by atoms with Crippen molar-refractivity contribution in [2.75, 3.05) is 5.75 Å². The Balaban J connectivity index is 4.06. The van der Waals surface area contributed by atoms with Gasteiger partial charge < -0.3 is 10.4 Å². The van der Waals surface area contributed by atoms with E-state index in [1.807, 2.05) is 0 Å². The normalized spacial score (nSPS) is 14.7.